The van der Waals surface area contributed by atoms with Gasteiger partial charge < -0.3 is 20.0 Å². The van der Waals surface area contributed by atoms with Crippen molar-refractivity contribution in [2.75, 3.05) is 48.9 Å². The van der Waals surface area contributed by atoms with Crippen molar-refractivity contribution >= 4 is 45.5 Å². The van der Waals surface area contributed by atoms with Crippen LogP contribution in [-0.2, 0) is 6.18 Å². The monoisotopic (exact) mass is 545 g/mol. The summed E-state index contributed by atoms with van der Waals surface area (Å²) in [6.07, 6.45) is -1.59. The maximum atomic E-state index is 13.6. The van der Waals surface area contributed by atoms with Crippen LogP contribution in [0, 0.1) is 0 Å². The summed E-state index contributed by atoms with van der Waals surface area (Å²) in [5, 5.41) is 4.20. The fourth-order valence-corrected chi connectivity index (χ4v) is 5.70. The summed E-state index contributed by atoms with van der Waals surface area (Å²) in [6.45, 7) is 1.84. The Hall–Kier alpha value is -3.20. The second-order valence-corrected chi connectivity index (χ2v) is 10.8. The zero-order chi connectivity index (χ0) is 27.2. The third kappa shape index (κ3) is 5.21. The third-order valence-electron chi connectivity index (χ3n) is 7.83. The molecule has 2 heterocycles. The Bertz CT molecular complexity index is 1360. The molecule has 6 nitrogen and oxygen atoms in total. The molecule has 0 atom stereocenters. The van der Waals surface area contributed by atoms with Crippen LogP contribution in [0.25, 0.3) is 10.9 Å². The number of aromatic nitrogens is 1. The second kappa shape index (κ2) is 10.2. The van der Waals surface area contributed by atoms with E-state index >= 15 is 0 Å². The van der Waals surface area contributed by atoms with Crippen molar-refractivity contribution in [1.29, 1.82) is 0 Å². The molecule has 202 valence electrons. The first kappa shape index (κ1) is 26.4. The van der Waals surface area contributed by atoms with Gasteiger partial charge in [-0.2, -0.15) is 13.2 Å². The zero-order valence-electron chi connectivity index (χ0n) is 21.6. The van der Waals surface area contributed by atoms with Gasteiger partial charge in [-0.15, -0.1) is 0 Å². The van der Waals surface area contributed by atoms with E-state index in [9.17, 15) is 18.0 Å². The molecule has 3 aromatic rings. The molecule has 0 unspecified atom stereocenters. The zero-order valence-corrected chi connectivity index (χ0v) is 22.4. The van der Waals surface area contributed by atoms with Crippen molar-refractivity contribution in [3.05, 3.63) is 58.7 Å². The summed E-state index contributed by atoms with van der Waals surface area (Å²) in [6, 6.07) is 11.7. The van der Waals surface area contributed by atoms with E-state index in [2.05, 4.69) is 20.1 Å². The van der Waals surface area contributed by atoms with Gasteiger partial charge in [-0.05, 0) is 68.1 Å². The van der Waals surface area contributed by atoms with Gasteiger partial charge in [0.05, 0.1) is 16.9 Å². The lowest BCUT2D eigenvalue weighted by Crippen LogP contribution is -2.43. The van der Waals surface area contributed by atoms with E-state index in [0.29, 0.717) is 21.7 Å². The van der Waals surface area contributed by atoms with Gasteiger partial charge in [-0.1, -0.05) is 11.6 Å². The summed E-state index contributed by atoms with van der Waals surface area (Å²) in [4.78, 5) is 23.1. The molecule has 1 amide bonds. The highest BCUT2D eigenvalue weighted by molar-refractivity contribution is 6.31. The van der Waals surface area contributed by atoms with Crippen LogP contribution in [0.15, 0.2) is 42.5 Å². The third-order valence-corrected chi connectivity index (χ3v) is 8.06. The van der Waals surface area contributed by atoms with E-state index < -0.39 is 11.9 Å². The molecule has 1 fully saturated rings. The number of amides is 1. The van der Waals surface area contributed by atoms with Crippen molar-refractivity contribution in [3.63, 3.8) is 0 Å². The van der Waals surface area contributed by atoms with Crippen LogP contribution in [0.5, 0.6) is 0 Å². The molecular formula is C28H31ClF3N5O. The second-order valence-electron chi connectivity index (χ2n) is 10.3. The Morgan fingerprint density at radius 1 is 1.00 bits per heavy atom. The van der Waals surface area contributed by atoms with Crippen LogP contribution in [-0.4, -0.2) is 57.2 Å². The molecule has 1 aromatic heterocycles. The predicted molar refractivity (Wildman–Crippen MR) is 147 cm³/mol. The number of rotatable bonds is 4. The molecule has 0 radical (unpaired) electrons. The number of alkyl halides is 3. The maximum Gasteiger partial charge on any atom is 0.433 e. The molecule has 2 aliphatic rings. The van der Waals surface area contributed by atoms with Crippen molar-refractivity contribution in [2.45, 2.75) is 43.9 Å². The molecular weight excluding hydrogens is 515 g/mol. The number of carbonyl (C=O) groups excluding carboxylic acids is 1. The molecule has 0 spiro atoms. The van der Waals surface area contributed by atoms with Crippen LogP contribution in [0.1, 0.15) is 41.7 Å². The lowest BCUT2D eigenvalue weighted by atomic mass is 9.89. The summed E-state index contributed by atoms with van der Waals surface area (Å²) in [5.41, 5.74) is 2.58. The Balaban J connectivity index is 1.28. The van der Waals surface area contributed by atoms with E-state index in [-0.39, 0.29) is 23.5 Å². The average Bonchev–Trinajstić information content (AvgIpc) is 2.89. The number of carbonyl (C=O) groups is 1. The molecule has 1 saturated carbocycles. The minimum Gasteiger partial charge on any atom is -0.371 e. The average molecular weight is 546 g/mol. The van der Waals surface area contributed by atoms with Gasteiger partial charge in [-0.25, -0.2) is 4.98 Å². The summed E-state index contributed by atoms with van der Waals surface area (Å²) in [5.74, 6) is -0.101. The predicted octanol–water partition coefficient (Wildman–Crippen LogP) is 5.97. The van der Waals surface area contributed by atoms with Crippen molar-refractivity contribution in [1.82, 2.24) is 10.3 Å². The number of benzene rings is 2. The highest BCUT2D eigenvalue weighted by Crippen LogP contribution is 2.38. The largest absolute Gasteiger partial charge is 0.433 e. The summed E-state index contributed by atoms with van der Waals surface area (Å²) < 4.78 is 40.7. The number of halogens is 4. The van der Waals surface area contributed by atoms with Crippen LogP contribution in [0.2, 0.25) is 5.02 Å². The van der Waals surface area contributed by atoms with Crippen LogP contribution in [0.3, 0.4) is 0 Å². The van der Waals surface area contributed by atoms with Gasteiger partial charge in [0.2, 0.25) is 0 Å². The van der Waals surface area contributed by atoms with Crippen molar-refractivity contribution < 1.29 is 18.0 Å². The smallest absolute Gasteiger partial charge is 0.371 e. The first-order valence-electron chi connectivity index (χ1n) is 12.8. The SMILES string of the molecule is CN1CCN(C)c2cc(C(=O)NC3CCC(N(C)c4cc(C(F)(F)F)nc5ccc(Cl)cc45)CC3)ccc21. The lowest BCUT2D eigenvalue weighted by Gasteiger charge is -2.37. The fraction of sp³-hybridized carbons (Fsp3) is 0.429. The summed E-state index contributed by atoms with van der Waals surface area (Å²) in [7, 11) is 5.90. The minimum absolute atomic E-state index is 0.0120. The molecule has 10 heteroatoms. The van der Waals surface area contributed by atoms with Gasteiger partial charge >= 0.3 is 6.18 Å². The lowest BCUT2D eigenvalue weighted by molar-refractivity contribution is -0.140. The minimum atomic E-state index is -4.55. The van der Waals surface area contributed by atoms with Gasteiger partial charge in [-0.3, -0.25) is 4.79 Å². The standard InChI is InChI=1S/C28H31ClF3N5O/c1-35-12-13-36(2)25-14-17(4-11-23(25)35)27(38)33-19-6-8-20(9-7-19)37(3)24-16-26(28(30,31)32)34-22-10-5-18(29)15-21(22)24/h4-5,10-11,14-16,19-20H,6-9,12-13H2,1-3H3,(H,33,38). The van der Waals surface area contributed by atoms with E-state index in [4.69, 9.17) is 11.6 Å². The topological polar surface area (TPSA) is 51.7 Å². The Labute approximate surface area is 225 Å². The van der Waals surface area contributed by atoms with E-state index in [1.165, 1.54) is 6.07 Å². The number of fused-ring (bicyclic) bond motifs is 2. The van der Waals surface area contributed by atoms with Crippen LogP contribution < -0.4 is 20.0 Å². The number of nitrogens with one attached hydrogen (secondary N) is 1. The summed E-state index contributed by atoms with van der Waals surface area (Å²) >= 11 is 6.17. The molecule has 5 rings (SSSR count). The molecule has 1 aliphatic carbocycles. The quantitative estimate of drug-likeness (QED) is 0.438. The number of pyridine rings is 1. The van der Waals surface area contributed by atoms with Gasteiger partial charge in [0.1, 0.15) is 5.69 Å². The fourth-order valence-electron chi connectivity index (χ4n) is 5.52. The number of hydrogen-bond acceptors (Lipinski definition) is 5. The van der Waals surface area contributed by atoms with E-state index in [1.807, 2.05) is 44.2 Å². The number of anilines is 3. The van der Waals surface area contributed by atoms with Gasteiger partial charge in [0, 0.05) is 68.0 Å². The van der Waals surface area contributed by atoms with Crippen molar-refractivity contribution in [3.8, 4) is 0 Å². The molecule has 2 aromatic carbocycles. The first-order chi connectivity index (χ1) is 18.0. The Kier molecular flexibility index (Phi) is 7.07. The molecule has 1 aliphatic heterocycles. The van der Waals surface area contributed by atoms with Gasteiger partial charge in [0.25, 0.3) is 5.91 Å². The van der Waals surface area contributed by atoms with Crippen LogP contribution >= 0.6 is 11.6 Å². The Morgan fingerprint density at radius 3 is 2.37 bits per heavy atom. The molecule has 0 bridgehead atoms. The Morgan fingerprint density at radius 2 is 1.68 bits per heavy atom. The first-order valence-corrected chi connectivity index (χ1v) is 13.2. The normalized spacial score (nSPS) is 19.9. The molecule has 0 saturated heterocycles. The number of hydrogen-bond donors (Lipinski definition) is 1. The highest BCUT2D eigenvalue weighted by atomic mass is 35.5. The molecule has 1 N–H and O–H groups in total. The highest BCUT2D eigenvalue weighted by Gasteiger charge is 2.35. The van der Waals surface area contributed by atoms with Crippen LogP contribution in [0.4, 0.5) is 30.2 Å². The molecule has 38 heavy (non-hydrogen) atoms. The van der Waals surface area contributed by atoms with E-state index in [1.54, 1.807) is 12.1 Å². The van der Waals surface area contributed by atoms with Crippen molar-refractivity contribution in [2.24, 2.45) is 0 Å². The maximum absolute atomic E-state index is 13.6. The van der Waals surface area contributed by atoms with Gasteiger partial charge in [0.15, 0.2) is 0 Å². The van der Waals surface area contributed by atoms with E-state index in [0.717, 1.165) is 56.2 Å². The number of nitrogens with zero attached hydrogens (tertiary/aromatic N) is 4. The number of likely N-dealkylation sites (N-methyl/N-ethyl adjacent to an activating group) is 2.